The van der Waals surface area contributed by atoms with E-state index in [4.69, 9.17) is 4.84 Å². The minimum Gasteiger partial charge on any atom is -0.312 e. The molecule has 0 aromatic heterocycles. The van der Waals surface area contributed by atoms with Crippen LogP contribution in [0.3, 0.4) is 0 Å². The second-order valence-corrected chi connectivity index (χ2v) is 7.05. The molecule has 0 spiro atoms. The number of hydrogen-bond donors (Lipinski definition) is 0. The fraction of sp³-hybridized carbons (Fsp3) is 0.0870. The van der Waals surface area contributed by atoms with Gasteiger partial charge in [0.2, 0.25) is 5.78 Å². The summed E-state index contributed by atoms with van der Waals surface area (Å²) in [5.74, 6) is -0.839. The summed E-state index contributed by atoms with van der Waals surface area (Å²) in [7, 11) is 0. The number of carbonyl (C=O) groups excluding carboxylic acids is 2. The number of oxime groups is 1. The van der Waals surface area contributed by atoms with E-state index in [0.717, 1.165) is 9.79 Å². The smallest absolute Gasteiger partial charge is 0.312 e. The van der Waals surface area contributed by atoms with E-state index in [-0.39, 0.29) is 11.5 Å². The first-order valence-electron chi connectivity index (χ1n) is 8.88. The zero-order chi connectivity index (χ0) is 19.8. The molecule has 0 atom stereocenters. The van der Waals surface area contributed by atoms with Gasteiger partial charge in [-0.25, -0.2) is 4.79 Å². The van der Waals surface area contributed by atoms with Crippen molar-refractivity contribution in [3.63, 3.8) is 0 Å². The number of ketones is 1. The maximum atomic E-state index is 12.7. The number of hydrogen-bond acceptors (Lipinski definition) is 5. The third-order valence-corrected chi connectivity index (χ3v) is 4.96. The summed E-state index contributed by atoms with van der Waals surface area (Å²) in [6.07, 6.45) is 0.363. The summed E-state index contributed by atoms with van der Waals surface area (Å²) < 4.78 is 0. The van der Waals surface area contributed by atoms with Crippen LogP contribution in [0.25, 0.3) is 0 Å². The molecule has 28 heavy (non-hydrogen) atoms. The van der Waals surface area contributed by atoms with E-state index in [9.17, 15) is 9.59 Å². The molecule has 0 saturated carbocycles. The molecule has 0 saturated heterocycles. The van der Waals surface area contributed by atoms with Crippen molar-refractivity contribution in [1.82, 2.24) is 0 Å². The van der Waals surface area contributed by atoms with Crippen LogP contribution in [0.5, 0.6) is 0 Å². The maximum absolute atomic E-state index is 12.7. The third kappa shape index (κ3) is 5.18. The highest BCUT2D eigenvalue weighted by Gasteiger charge is 2.15. The average Bonchev–Trinajstić information content (AvgIpc) is 2.75. The van der Waals surface area contributed by atoms with Gasteiger partial charge in [-0.15, -0.1) is 0 Å². The topological polar surface area (TPSA) is 55.7 Å². The van der Waals surface area contributed by atoms with Gasteiger partial charge in [0, 0.05) is 15.4 Å². The van der Waals surface area contributed by atoms with Crippen LogP contribution >= 0.6 is 11.8 Å². The lowest BCUT2D eigenvalue weighted by molar-refractivity contribution is 0.0515. The molecule has 0 aliphatic rings. The van der Waals surface area contributed by atoms with Gasteiger partial charge in [-0.2, -0.15) is 0 Å². The Hall–Kier alpha value is -3.18. The monoisotopic (exact) mass is 389 g/mol. The van der Waals surface area contributed by atoms with E-state index in [1.54, 1.807) is 61.2 Å². The predicted molar refractivity (Wildman–Crippen MR) is 111 cm³/mol. The SMILES string of the molecule is CC/C(=N\OC(=O)c1ccccc1)C(=O)c1ccc(Sc2ccccc2)cc1. The molecule has 4 nitrogen and oxygen atoms in total. The Morgan fingerprint density at radius 2 is 1.36 bits per heavy atom. The van der Waals surface area contributed by atoms with Crippen molar-refractivity contribution >= 4 is 29.2 Å². The molecule has 0 bridgehead atoms. The van der Waals surface area contributed by atoms with E-state index in [1.165, 1.54) is 0 Å². The second kappa shape index (κ2) is 9.67. The Kier molecular flexibility index (Phi) is 6.76. The first-order valence-corrected chi connectivity index (χ1v) is 9.70. The fourth-order valence-electron chi connectivity index (χ4n) is 2.46. The zero-order valence-electron chi connectivity index (χ0n) is 15.4. The molecule has 0 unspecified atom stereocenters. The van der Waals surface area contributed by atoms with Crippen molar-refractivity contribution in [2.24, 2.45) is 5.16 Å². The Morgan fingerprint density at radius 1 is 0.786 bits per heavy atom. The molecule has 3 aromatic carbocycles. The van der Waals surface area contributed by atoms with Crippen LogP contribution in [0, 0.1) is 0 Å². The quantitative estimate of drug-likeness (QED) is 0.227. The highest BCUT2D eigenvalue weighted by molar-refractivity contribution is 7.99. The number of rotatable bonds is 7. The standard InChI is InChI=1S/C23H19NO3S/c1-2-21(24-27-23(26)18-9-5-3-6-10-18)22(25)17-13-15-20(16-14-17)28-19-11-7-4-8-12-19/h3-16H,2H2,1H3/b24-21+. The van der Waals surface area contributed by atoms with Crippen molar-refractivity contribution in [3.05, 3.63) is 96.1 Å². The Bertz CT molecular complexity index is 968. The molecule has 3 rings (SSSR count). The van der Waals surface area contributed by atoms with Crippen LogP contribution in [-0.2, 0) is 4.84 Å². The predicted octanol–water partition coefficient (Wildman–Crippen LogP) is 5.64. The molecule has 0 fully saturated rings. The van der Waals surface area contributed by atoms with E-state index < -0.39 is 5.97 Å². The second-order valence-electron chi connectivity index (χ2n) is 5.90. The normalized spacial score (nSPS) is 11.1. The van der Waals surface area contributed by atoms with Gasteiger partial charge in [-0.05, 0) is 55.0 Å². The zero-order valence-corrected chi connectivity index (χ0v) is 16.2. The van der Waals surface area contributed by atoms with Crippen molar-refractivity contribution in [2.75, 3.05) is 0 Å². The molecule has 140 valence electrons. The van der Waals surface area contributed by atoms with Crippen molar-refractivity contribution in [1.29, 1.82) is 0 Å². The molecule has 0 N–H and O–H groups in total. The van der Waals surface area contributed by atoms with E-state index in [1.807, 2.05) is 42.5 Å². The molecular formula is C23H19NO3S. The lowest BCUT2D eigenvalue weighted by Gasteiger charge is -2.05. The lowest BCUT2D eigenvalue weighted by Crippen LogP contribution is -2.15. The molecule has 0 radical (unpaired) electrons. The Morgan fingerprint density at radius 3 is 1.96 bits per heavy atom. The summed E-state index contributed by atoms with van der Waals surface area (Å²) in [6.45, 7) is 1.80. The van der Waals surface area contributed by atoms with Gasteiger partial charge in [-0.1, -0.05) is 60.2 Å². The minimum absolute atomic E-state index is 0.202. The molecular weight excluding hydrogens is 370 g/mol. The third-order valence-electron chi connectivity index (χ3n) is 3.94. The summed E-state index contributed by atoms with van der Waals surface area (Å²) in [6, 6.07) is 25.9. The van der Waals surface area contributed by atoms with Crippen molar-refractivity contribution < 1.29 is 14.4 Å². The minimum atomic E-state index is -0.589. The molecule has 0 aliphatic heterocycles. The first kappa shape index (κ1) is 19.6. The van der Waals surface area contributed by atoms with Gasteiger partial charge in [0.1, 0.15) is 5.71 Å². The number of nitrogens with zero attached hydrogens (tertiary/aromatic N) is 1. The number of Topliss-reactive ketones (excluding diaryl/α,β-unsaturated/α-hetero) is 1. The van der Waals surface area contributed by atoms with Crippen molar-refractivity contribution in [3.8, 4) is 0 Å². The maximum Gasteiger partial charge on any atom is 0.365 e. The highest BCUT2D eigenvalue weighted by atomic mass is 32.2. The summed E-state index contributed by atoms with van der Waals surface area (Å²) in [5, 5.41) is 3.80. The van der Waals surface area contributed by atoms with Crippen LogP contribution in [0.15, 0.2) is 99.9 Å². The van der Waals surface area contributed by atoms with Crippen LogP contribution in [-0.4, -0.2) is 17.5 Å². The van der Waals surface area contributed by atoms with Gasteiger partial charge in [0.25, 0.3) is 0 Å². The van der Waals surface area contributed by atoms with Gasteiger partial charge >= 0.3 is 5.97 Å². The summed E-state index contributed by atoms with van der Waals surface area (Å²) in [4.78, 5) is 31.8. The number of carbonyl (C=O) groups is 2. The van der Waals surface area contributed by atoms with E-state index in [0.29, 0.717) is 17.5 Å². The molecule has 0 amide bonds. The largest absolute Gasteiger partial charge is 0.365 e. The van der Waals surface area contributed by atoms with E-state index in [2.05, 4.69) is 5.16 Å². The van der Waals surface area contributed by atoms with Gasteiger partial charge in [-0.3, -0.25) is 4.79 Å². The average molecular weight is 389 g/mol. The molecule has 0 heterocycles. The van der Waals surface area contributed by atoms with Crippen LogP contribution in [0.1, 0.15) is 34.1 Å². The van der Waals surface area contributed by atoms with Crippen LogP contribution in [0.2, 0.25) is 0 Å². The Labute approximate surface area is 168 Å². The fourth-order valence-corrected chi connectivity index (χ4v) is 3.29. The molecule has 3 aromatic rings. The van der Waals surface area contributed by atoms with Crippen LogP contribution in [0.4, 0.5) is 0 Å². The molecule has 5 heteroatoms. The molecule has 0 aliphatic carbocycles. The van der Waals surface area contributed by atoms with Crippen molar-refractivity contribution in [2.45, 2.75) is 23.1 Å². The first-order chi connectivity index (χ1) is 13.7. The van der Waals surface area contributed by atoms with Gasteiger partial charge in [0.15, 0.2) is 0 Å². The van der Waals surface area contributed by atoms with Crippen LogP contribution < -0.4 is 0 Å². The van der Waals surface area contributed by atoms with Gasteiger partial charge in [0.05, 0.1) is 5.56 Å². The summed E-state index contributed by atoms with van der Waals surface area (Å²) >= 11 is 1.62. The number of benzene rings is 3. The lowest BCUT2D eigenvalue weighted by atomic mass is 10.1. The highest BCUT2D eigenvalue weighted by Crippen LogP contribution is 2.27. The van der Waals surface area contributed by atoms with Gasteiger partial charge < -0.3 is 4.84 Å². The Balaban J connectivity index is 1.67. The summed E-state index contributed by atoms with van der Waals surface area (Å²) in [5.41, 5.74) is 1.10. The van der Waals surface area contributed by atoms with E-state index >= 15 is 0 Å².